The normalized spacial score (nSPS) is 21.9. The van der Waals surface area contributed by atoms with Crippen molar-refractivity contribution in [1.82, 2.24) is 0 Å². The van der Waals surface area contributed by atoms with E-state index in [0.717, 1.165) is 29.2 Å². The molecule has 2 aliphatic rings. The molecule has 0 radical (unpaired) electrons. The predicted molar refractivity (Wildman–Crippen MR) is 82.3 cm³/mol. The van der Waals surface area contributed by atoms with Crippen molar-refractivity contribution in [3.05, 3.63) is 22.2 Å². The zero-order valence-electron chi connectivity index (χ0n) is 11.4. The summed E-state index contributed by atoms with van der Waals surface area (Å²) in [6, 6.07) is 3.68. The number of piperidine rings is 1. The summed E-state index contributed by atoms with van der Waals surface area (Å²) in [5, 5.41) is 2.64. The van der Waals surface area contributed by atoms with E-state index in [4.69, 9.17) is 0 Å². The molecule has 0 bridgehead atoms. The molecule has 1 N–H and O–H groups in total. The number of fused-ring (bicyclic) bond motifs is 1. The highest BCUT2D eigenvalue weighted by Gasteiger charge is 2.30. The van der Waals surface area contributed by atoms with Crippen LogP contribution in [0.5, 0.6) is 0 Å². The molecule has 2 heterocycles. The number of Topliss-reactive ketones (excluding diaryl/α,β-unsaturated/α-hetero) is 1. The highest BCUT2D eigenvalue weighted by molar-refractivity contribution is 9.10. The molecular formula is C15H17BrN2O2. The molecule has 1 saturated heterocycles. The number of ketones is 1. The van der Waals surface area contributed by atoms with E-state index in [9.17, 15) is 9.59 Å². The molecule has 2 aliphatic heterocycles. The molecule has 1 unspecified atom stereocenters. The van der Waals surface area contributed by atoms with E-state index in [-0.39, 0.29) is 0 Å². The Balaban J connectivity index is 1.93. The van der Waals surface area contributed by atoms with Gasteiger partial charge in [-0.1, -0.05) is 13.3 Å². The Morgan fingerprint density at radius 2 is 2.20 bits per heavy atom. The van der Waals surface area contributed by atoms with Crippen molar-refractivity contribution >= 4 is 39.0 Å². The number of anilines is 2. The van der Waals surface area contributed by atoms with E-state index < -0.39 is 11.7 Å². The average Bonchev–Trinajstić information content (AvgIpc) is 2.73. The Labute approximate surface area is 126 Å². The van der Waals surface area contributed by atoms with Crippen LogP contribution in [0.25, 0.3) is 0 Å². The summed E-state index contributed by atoms with van der Waals surface area (Å²) >= 11 is 3.54. The molecule has 4 nitrogen and oxygen atoms in total. The van der Waals surface area contributed by atoms with E-state index >= 15 is 0 Å². The van der Waals surface area contributed by atoms with Crippen LogP contribution in [0.15, 0.2) is 16.6 Å². The molecule has 0 aliphatic carbocycles. The second-order valence-electron chi connectivity index (χ2n) is 5.49. The lowest BCUT2D eigenvalue weighted by atomic mass is 9.95. The number of benzene rings is 1. The van der Waals surface area contributed by atoms with Gasteiger partial charge < -0.3 is 10.2 Å². The maximum Gasteiger partial charge on any atom is 0.296 e. The van der Waals surface area contributed by atoms with Crippen LogP contribution in [-0.2, 0) is 4.79 Å². The number of nitrogens with one attached hydrogen (secondary N) is 1. The van der Waals surface area contributed by atoms with Crippen molar-refractivity contribution in [1.29, 1.82) is 0 Å². The quantitative estimate of drug-likeness (QED) is 0.843. The molecule has 3 rings (SSSR count). The van der Waals surface area contributed by atoms with Gasteiger partial charge in [0.1, 0.15) is 0 Å². The number of amides is 1. The molecule has 0 aromatic heterocycles. The fourth-order valence-electron chi connectivity index (χ4n) is 3.01. The highest BCUT2D eigenvalue weighted by atomic mass is 79.9. The van der Waals surface area contributed by atoms with Crippen molar-refractivity contribution in [3.63, 3.8) is 0 Å². The molecule has 1 aromatic carbocycles. The Hall–Kier alpha value is -1.36. The van der Waals surface area contributed by atoms with Crippen LogP contribution in [0.2, 0.25) is 0 Å². The molecule has 1 amide bonds. The molecule has 5 heteroatoms. The molecule has 1 atom stereocenters. The highest BCUT2D eigenvalue weighted by Crippen LogP contribution is 2.37. The molecular weight excluding hydrogens is 320 g/mol. The lowest BCUT2D eigenvalue weighted by Crippen LogP contribution is -2.35. The van der Waals surface area contributed by atoms with E-state index in [1.54, 1.807) is 6.07 Å². The number of nitrogens with zero attached hydrogens (tertiary/aromatic N) is 1. The fourth-order valence-corrected chi connectivity index (χ4v) is 3.61. The van der Waals surface area contributed by atoms with Gasteiger partial charge in [-0.2, -0.15) is 0 Å². The second kappa shape index (κ2) is 5.20. The Morgan fingerprint density at radius 3 is 2.95 bits per heavy atom. The number of hydrogen-bond acceptors (Lipinski definition) is 3. The van der Waals surface area contributed by atoms with Gasteiger partial charge in [0.25, 0.3) is 11.7 Å². The number of hydrogen-bond donors (Lipinski definition) is 1. The first-order valence-electron chi connectivity index (χ1n) is 7.04. The van der Waals surface area contributed by atoms with Crippen LogP contribution < -0.4 is 10.2 Å². The second-order valence-corrected chi connectivity index (χ2v) is 6.35. The minimum Gasteiger partial charge on any atom is -0.370 e. The Morgan fingerprint density at radius 1 is 1.40 bits per heavy atom. The van der Waals surface area contributed by atoms with Crippen LogP contribution >= 0.6 is 15.9 Å². The molecule has 0 saturated carbocycles. The predicted octanol–water partition coefficient (Wildman–Crippen LogP) is 3.21. The van der Waals surface area contributed by atoms with Gasteiger partial charge in [-0.05, 0) is 46.8 Å². The van der Waals surface area contributed by atoms with Crippen molar-refractivity contribution in [2.75, 3.05) is 23.3 Å². The van der Waals surface area contributed by atoms with Crippen molar-refractivity contribution in [2.24, 2.45) is 5.92 Å². The number of rotatable bonds is 2. The molecule has 106 valence electrons. The SMILES string of the molecule is CCC1CCCN(c2cc3c(cc2Br)C(=O)C(=O)N3)C1. The van der Waals surface area contributed by atoms with Gasteiger partial charge in [0.2, 0.25) is 0 Å². The van der Waals surface area contributed by atoms with Gasteiger partial charge in [0, 0.05) is 17.6 Å². The fraction of sp³-hybridized carbons (Fsp3) is 0.467. The van der Waals surface area contributed by atoms with E-state index in [1.165, 1.54) is 19.3 Å². The van der Waals surface area contributed by atoms with Gasteiger partial charge in [-0.25, -0.2) is 0 Å². The first-order chi connectivity index (χ1) is 9.60. The largest absolute Gasteiger partial charge is 0.370 e. The molecule has 1 aromatic rings. The summed E-state index contributed by atoms with van der Waals surface area (Å²) in [7, 11) is 0. The summed E-state index contributed by atoms with van der Waals surface area (Å²) in [4.78, 5) is 25.5. The monoisotopic (exact) mass is 336 g/mol. The maximum absolute atomic E-state index is 11.7. The van der Waals surface area contributed by atoms with Gasteiger partial charge in [-0.15, -0.1) is 0 Å². The van der Waals surface area contributed by atoms with Crippen LogP contribution in [0, 0.1) is 5.92 Å². The molecule has 20 heavy (non-hydrogen) atoms. The number of carbonyl (C=O) groups excluding carboxylic acids is 2. The molecule has 1 fully saturated rings. The van der Waals surface area contributed by atoms with Gasteiger partial charge in [-0.3, -0.25) is 9.59 Å². The lowest BCUT2D eigenvalue weighted by molar-refractivity contribution is -0.112. The van der Waals surface area contributed by atoms with E-state index in [2.05, 4.69) is 33.1 Å². The first kappa shape index (κ1) is 13.6. The van der Waals surface area contributed by atoms with Gasteiger partial charge >= 0.3 is 0 Å². The Kier molecular flexibility index (Phi) is 3.54. The van der Waals surface area contributed by atoms with Crippen LogP contribution in [-0.4, -0.2) is 24.8 Å². The summed E-state index contributed by atoms with van der Waals surface area (Å²) in [6.45, 7) is 4.29. The van der Waals surface area contributed by atoms with Crippen molar-refractivity contribution in [2.45, 2.75) is 26.2 Å². The summed E-state index contributed by atoms with van der Waals surface area (Å²) in [5.74, 6) is -0.258. The zero-order valence-corrected chi connectivity index (χ0v) is 13.0. The average molecular weight is 337 g/mol. The third-order valence-electron chi connectivity index (χ3n) is 4.22. The zero-order chi connectivity index (χ0) is 14.3. The third kappa shape index (κ3) is 2.24. The summed E-state index contributed by atoms with van der Waals surface area (Å²) in [5.41, 5.74) is 2.17. The smallest absolute Gasteiger partial charge is 0.296 e. The van der Waals surface area contributed by atoms with E-state index in [0.29, 0.717) is 11.3 Å². The van der Waals surface area contributed by atoms with Crippen molar-refractivity contribution in [3.8, 4) is 0 Å². The molecule has 0 spiro atoms. The number of halogens is 1. The minimum atomic E-state index is -0.533. The number of carbonyl (C=O) groups is 2. The van der Waals surface area contributed by atoms with E-state index in [1.807, 2.05) is 6.07 Å². The van der Waals surface area contributed by atoms with Crippen LogP contribution in [0.4, 0.5) is 11.4 Å². The first-order valence-corrected chi connectivity index (χ1v) is 7.83. The maximum atomic E-state index is 11.7. The summed E-state index contributed by atoms with van der Waals surface area (Å²) in [6.07, 6.45) is 3.66. The van der Waals surface area contributed by atoms with Gasteiger partial charge in [0.05, 0.1) is 16.9 Å². The third-order valence-corrected chi connectivity index (χ3v) is 4.86. The Bertz CT molecular complexity index is 585. The van der Waals surface area contributed by atoms with Crippen LogP contribution in [0.1, 0.15) is 36.5 Å². The van der Waals surface area contributed by atoms with Crippen molar-refractivity contribution < 1.29 is 9.59 Å². The van der Waals surface area contributed by atoms with Gasteiger partial charge in [0.15, 0.2) is 0 Å². The standard InChI is InChI=1S/C15H17BrN2O2/c1-2-9-4-3-5-18(8-9)13-7-12-10(6-11(13)16)14(19)15(20)17-12/h6-7,9H,2-5,8H2,1H3,(H,17,19,20). The topological polar surface area (TPSA) is 49.4 Å². The summed E-state index contributed by atoms with van der Waals surface area (Å²) < 4.78 is 0.887. The minimum absolute atomic E-state index is 0.447. The van der Waals surface area contributed by atoms with Crippen LogP contribution in [0.3, 0.4) is 0 Å². The lowest BCUT2D eigenvalue weighted by Gasteiger charge is -2.34.